The number of Topliss-reactive ketones (excluding diaryl/α,β-unsaturated/α-hetero) is 1. The standard InChI is InChI=1S/C44H62O8P.CO.CH3.Rh/c1-41(2,3)33-21-25(46-13)17-29(37(33)45)30-18-26(47-14)22-34(42(4,5)6)38(30)50-53-51-39-31(19-27(48-15)23-35(39)43(7,8)9)32-20-28(49-16)24-36(40(32)52-53)44(10,11)12;1-2;;/h18-20,22-25,29,33,53H,17,21H2,1-16H3;;1H3;/q+1;2*-1;+2. The van der Waals surface area contributed by atoms with E-state index in [9.17, 15) is 4.79 Å². The Kier molecular flexibility index (Phi) is 16.5. The van der Waals surface area contributed by atoms with Crippen molar-refractivity contribution in [2.45, 2.75) is 124 Å². The summed E-state index contributed by atoms with van der Waals surface area (Å²) in [4.78, 5) is 22.1. The molecule has 9 nitrogen and oxygen atoms in total. The van der Waals surface area contributed by atoms with E-state index in [1.165, 1.54) is 0 Å². The average Bonchev–Trinajstić information content (AvgIpc) is 3.26. The van der Waals surface area contributed by atoms with Crippen LogP contribution in [0.25, 0.3) is 11.1 Å². The second-order valence-corrected chi connectivity index (χ2v) is 19.8. The topological polar surface area (TPSA) is 98.8 Å². The van der Waals surface area contributed by atoms with Gasteiger partial charge in [-0.2, -0.15) is 0 Å². The number of rotatable bonds is 7. The quantitative estimate of drug-likeness (QED) is 0.130. The number of hydrogen-bond acceptors (Lipinski definition) is 9. The summed E-state index contributed by atoms with van der Waals surface area (Å²) in [7, 11) is 4.09. The average molecular weight is 896 g/mol. The van der Waals surface area contributed by atoms with E-state index in [0.717, 1.165) is 33.4 Å². The van der Waals surface area contributed by atoms with E-state index in [2.05, 4.69) is 89.9 Å². The van der Waals surface area contributed by atoms with Gasteiger partial charge in [0.15, 0.2) is 17.2 Å². The number of hydrogen-bond donors (Lipinski definition) is 0. The molecule has 0 N–H and O–H groups in total. The Bertz CT molecular complexity index is 1790. The molecular formula is C46H65O9PRh+. The number of methoxy groups -OCH3 is 4. The van der Waals surface area contributed by atoms with Crippen LogP contribution in [0.4, 0.5) is 0 Å². The van der Waals surface area contributed by atoms with Gasteiger partial charge in [-0.1, -0.05) is 83.1 Å². The Balaban J connectivity index is 0.00000276. The van der Waals surface area contributed by atoms with Gasteiger partial charge >= 0.3 is 28.1 Å². The van der Waals surface area contributed by atoms with Crippen LogP contribution in [0.1, 0.15) is 124 Å². The molecule has 1 aliphatic carbocycles. The Labute approximate surface area is 357 Å². The zero-order valence-corrected chi connectivity index (χ0v) is 39.8. The van der Waals surface area contributed by atoms with Gasteiger partial charge in [-0.3, -0.25) is 18.4 Å². The largest absolute Gasteiger partial charge is 2.00 e. The van der Waals surface area contributed by atoms with Gasteiger partial charge in [-0.15, -0.1) is 0 Å². The van der Waals surface area contributed by atoms with Crippen LogP contribution in [0.2, 0.25) is 0 Å². The summed E-state index contributed by atoms with van der Waals surface area (Å²) in [6.07, 6.45) is 1.12. The molecule has 0 aromatic heterocycles. The number of carbonyl (C=O) groups excluding carboxylic acids is 2. The van der Waals surface area contributed by atoms with Crippen molar-refractivity contribution in [1.29, 1.82) is 0 Å². The van der Waals surface area contributed by atoms with E-state index in [1.54, 1.807) is 28.4 Å². The Hall–Kier alpha value is -3.19. The smallest absolute Gasteiger partial charge is 0.573 e. The van der Waals surface area contributed by atoms with Crippen LogP contribution in [-0.4, -0.2) is 47.1 Å². The van der Waals surface area contributed by atoms with E-state index in [0.29, 0.717) is 47.3 Å². The van der Waals surface area contributed by atoms with Gasteiger partial charge in [0, 0.05) is 52.3 Å². The van der Waals surface area contributed by atoms with Crippen molar-refractivity contribution in [2.24, 2.45) is 11.3 Å². The Morgan fingerprint density at radius 2 is 1.04 bits per heavy atom. The molecule has 0 saturated heterocycles. The fraction of sp³-hybridized carbons (Fsp3) is 0.543. The minimum absolute atomic E-state index is 0. The molecule has 1 fully saturated rings. The SMILES string of the molecule is COc1cc2c(c(C(C)(C)C)c1)O[PH+](Oc1c(C3CC(OC)CC(C(C)(C)C)C3=O)cc(OC)cc1C(C)(C)C)Oc1c-2cc(OC)cc1C(C)(C)C.[C-]=O.[CH3-].[Rh+2]. The van der Waals surface area contributed by atoms with Crippen LogP contribution in [0, 0.1) is 18.8 Å². The first kappa shape index (κ1) is 50.0. The first-order valence-electron chi connectivity index (χ1n) is 18.9. The zero-order chi connectivity index (χ0) is 41.4. The van der Waals surface area contributed by atoms with Gasteiger partial charge in [0.25, 0.3) is 0 Å². The zero-order valence-electron chi connectivity index (χ0n) is 37.1. The number of benzene rings is 3. The van der Waals surface area contributed by atoms with Crippen LogP contribution >= 0.6 is 8.60 Å². The first-order valence-corrected chi connectivity index (χ1v) is 20.1. The van der Waals surface area contributed by atoms with Crippen molar-refractivity contribution in [2.75, 3.05) is 28.4 Å². The van der Waals surface area contributed by atoms with Gasteiger partial charge in [0.05, 0.1) is 27.4 Å². The van der Waals surface area contributed by atoms with Crippen LogP contribution in [0.5, 0.6) is 34.5 Å². The summed E-state index contributed by atoms with van der Waals surface area (Å²) < 4.78 is 45.0. The van der Waals surface area contributed by atoms with E-state index in [4.69, 9.17) is 37.3 Å². The van der Waals surface area contributed by atoms with Crippen LogP contribution in [-0.2, 0) is 50.0 Å². The maximum Gasteiger partial charge on any atom is 2.00 e. The molecule has 2 radical (unpaired) electrons. The second kappa shape index (κ2) is 18.8. The molecule has 5 rings (SSSR count). The fourth-order valence-electron chi connectivity index (χ4n) is 7.51. The van der Waals surface area contributed by atoms with Crippen LogP contribution < -0.4 is 27.8 Å². The van der Waals surface area contributed by atoms with Crippen molar-refractivity contribution < 1.29 is 61.6 Å². The van der Waals surface area contributed by atoms with E-state index in [1.807, 2.05) is 36.4 Å². The third kappa shape index (κ3) is 10.7. The minimum atomic E-state index is -2.66. The van der Waals surface area contributed by atoms with Crippen molar-refractivity contribution in [3.8, 4) is 45.6 Å². The number of ether oxygens (including phenoxy) is 4. The second-order valence-electron chi connectivity index (χ2n) is 18.7. The molecule has 57 heavy (non-hydrogen) atoms. The summed E-state index contributed by atoms with van der Waals surface area (Å²) in [5, 5.41) is 0. The molecule has 11 heteroatoms. The molecule has 1 heterocycles. The number of carbonyl (C=O) groups is 1. The maximum atomic E-state index is 14.6. The van der Waals surface area contributed by atoms with Gasteiger partial charge in [-0.05, 0) is 70.9 Å². The third-order valence-electron chi connectivity index (χ3n) is 10.6. The Morgan fingerprint density at radius 1 is 0.632 bits per heavy atom. The summed E-state index contributed by atoms with van der Waals surface area (Å²) in [6.45, 7) is 30.2. The van der Waals surface area contributed by atoms with Crippen molar-refractivity contribution in [3.05, 3.63) is 66.1 Å². The van der Waals surface area contributed by atoms with Crippen molar-refractivity contribution >= 4 is 21.2 Å². The summed E-state index contributed by atoms with van der Waals surface area (Å²) in [5.41, 5.74) is 3.96. The van der Waals surface area contributed by atoms with Crippen molar-refractivity contribution in [3.63, 3.8) is 0 Å². The van der Waals surface area contributed by atoms with Gasteiger partial charge in [-0.25, -0.2) is 0 Å². The summed E-state index contributed by atoms with van der Waals surface area (Å²) in [5.74, 6) is 3.53. The first-order chi connectivity index (χ1) is 25.5. The Morgan fingerprint density at radius 3 is 1.40 bits per heavy atom. The summed E-state index contributed by atoms with van der Waals surface area (Å²) >= 11 is 0. The molecule has 0 bridgehead atoms. The van der Waals surface area contributed by atoms with Gasteiger partial charge in [0.1, 0.15) is 23.0 Å². The van der Waals surface area contributed by atoms with E-state index >= 15 is 0 Å². The molecule has 3 aromatic carbocycles. The molecule has 1 aliphatic heterocycles. The third-order valence-corrected chi connectivity index (χ3v) is 11.7. The maximum absolute atomic E-state index is 14.6. The predicted molar refractivity (Wildman–Crippen MR) is 227 cm³/mol. The molecule has 1 saturated carbocycles. The van der Waals surface area contributed by atoms with Crippen LogP contribution in [0.3, 0.4) is 0 Å². The predicted octanol–water partition coefficient (Wildman–Crippen LogP) is 11.3. The van der Waals surface area contributed by atoms with Crippen molar-refractivity contribution in [1.82, 2.24) is 0 Å². The molecule has 3 aromatic rings. The molecular weight excluding hydrogens is 830 g/mol. The fourth-order valence-corrected chi connectivity index (χ4v) is 8.80. The molecule has 2 aliphatic rings. The molecule has 0 amide bonds. The normalized spacial score (nSPS) is 18.4. The van der Waals surface area contributed by atoms with Gasteiger partial charge < -0.3 is 38.0 Å². The van der Waals surface area contributed by atoms with E-state index < -0.39 is 19.9 Å². The monoisotopic (exact) mass is 895 g/mol. The van der Waals surface area contributed by atoms with E-state index in [-0.39, 0.29) is 61.0 Å². The molecule has 316 valence electrons. The number of ketones is 1. The summed E-state index contributed by atoms with van der Waals surface area (Å²) in [6, 6.07) is 12.0. The number of fused-ring (bicyclic) bond motifs is 3. The van der Waals surface area contributed by atoms with Gasteiger partial charge in [0.2, 0.25) is 0 Å². The molecule has 3 unspecified atom stereocenters. The minimum Gasteiger partial charge on any atom is -0.573 e. The molecule has 0 spiro atoms. The van der Waals surface area contributed by atoms with Crippen LogP contribution in [0.15, 0.2) is 36.4 Å². The molecule has 3 atom stereocenters.